The normalized spacial score (nSPS) is 11.0. The number of hydrogen-bond acceptors (Lipinski definition) is 5. The number of nitrogen functional groups attached to an aromatic ring is 1. The molecule has 3 heterocycles. The first kappa shape index (κ1) is 8.90. The molecule has 0 aliphatic heterocycles. The maximum Gasteiger partial charge on any atom is 0.183 e. The summed E-state index contributed by atoms with van der Waals surface area (Å²) in [5, 5.41) is 0. The van der Waals surface area contributed by atoms with E-state index >= 15 is 0 Å². The molecule has 6 nitrogen and oxygen atoms in total. The van der Waals surface area contributed by atoms with Crippen LogP contribution < -0.4 is 5.84 Å². The van der Waals surface area contributed by atoms with Gasteiger partial charge in [0.25, 0.3) is 0 Å². The molecule has 2 N–H and O–H groups in total. The van der Waals surface area contributed by atoms with Gasteiger partial charge in [-0.1, -0.05) is 0 Å². The summed E-state index contributed by atoms with van der Waals surface area (Å²) < 4.78 is 6.70. The van der Waals surface area contributed by atoms with E-state index in [4.69, 9.17) is 10.3 Å². The summed E-state index contributed by atoms with van der Waals surface area (Å²) in [6.45, 7) is 0. The van der Waals surface area contributed by atoms with Gasteiger partial charge in [-0.15, -0.1) is 0 Å². The highest BCUT2D eigenvalue weighted by molar-refractivity contribution is 5.73. The minimum Gasteiger partial charge on any atom is -0.469 e. The molecule has 0 bridgehead atoms. The Morgan fingerprint density at radius 2 is 2.25 bits per heavy atom. The Kier molecular flexibility index (Phi) is 1.86. The van der Waals surface area contributed by atoms with E-state index in [2.05, 4.69) is 15.0 Å². The number of imidazole rings is 1. The highest BCUT2D eigenvalue weighted by Gasteiger charge is 2.10. The summed E-state index contributed by atoms with van der Waals surface area (Å²) in [5.41, 5.74) is 2.14. The van der Waals surface area contributed by atoms with Crippen LogP contribution in [-0.4, -0.2) is 19.6 Å². The molecule has 0 radical (unpaired) electrons. The molecule has 0 atom stereocenters. The monoisotopic (exact) mass is 215 g/mol. The van der Waals surface area contributed by atoms with Crippen LogP contribution in [0.5, 0.6) is 0 Å². The van der Waals surface area contributed by atoms with Crippen LogP contribution in [0, 0.1) is 0 Å². The molecule has 0 saturated heterocycles. The van der Waals surface area contributed by atoms with E-state index in [1.807, 2.05) is 12.1 Å². The number of aromatic nitrogens is 4. The number of furan rings is 1. The molecule has 0 spiro atoms. The van der Waals surface area contributed by atoms with Gasteiger partial charge in [-0.05, 0) is 12.1 Å². The lowest BCUT2D eigenvalue weighted by molar-refractivity contribution is 0.519. The van der Waals surface area contributed by atoms with Crippen molar-refractivity contribution in [3.05, 3.63) is 42.5 Å². The molecule has 0 fully saturated rings. The lowest BCUT2D eigenvalue weighted by atomic mass is 10.2. The summed E-state index contributed by atoms with van der Waals surface area (Å²) in [5.74, 6) is 6.58. The van der Waals surface area contributed by atoms with Crippen molar-refractivity contribution in [1.29, 1.82) is 0 Å². The van der Waals surface area contributed by atoms with Gasteiger partial charge in [-0.2, -0.15) is 0 Å². The first-order chi connectivity index (χ1) is 7.84. The van der Waals surface area contributed by atoms with Gasteiger partial charge < -0.3 is 10.3 Å². The van der Waals surface area contributed by atoms with Gasteiger partial charge >= 0.3 is 0 Å². The SMILES string of the molecule is Nn1cnc2ncnc(Cc3ccco3)c21. The molecule has 0 amide bonds. The number of nitrogens with two attached hydrogens (primary N) is 1. The Balaban J connectivity index is 2.12. The van der Waals surface area contributed by atoms with Gasteiger partial charge in [-0.25, -0.2) is 19.6 Å². The van der Waals surface area contributed by atoms with E-state index in [9.17, 15) is 0 Å². The minimum absolute atomic E-state index is 0.578. The molecule has 0 aliphatic rings. The third kappa shape index (κ3) is 1.31. The average molecular weight is 215 g/mol. The fourth-order valence-electron chi connectivity index (χ4n) is 1.65. The predicted molar refractivity (Wildman–Crippen MR) is 57.0 cm³/mol. The van der Waals surface area contributed by atoms with E-state index < -0.39 is 0 Å². The second kappa shape index (κ2) is 3.34. The first-order valence-electron chi connectivity index (χ1n) is 4.79. The van der Waals surface area contributed by atoms with Gasteiger partial charge in [0.15, 0.2) is 5.65 Å². The first-order valence-corrected chi connectivity index (χ1v) is 4.79. The second-order valence-corrected chi connectivity index (χ2v) is 3.40. The molecule has 0 aromatic carbocycles. The molecule has 6 heteroatoms. The topological polar surface area (TPSA) is 82.8 Å². The van der Waals surface area contributed by atoms with Crippen molar-refractivity contribution in [2.75, 3.05) is 5.84 Å². The third-order valence-electron chi connectivity index (χ3n) is 2.36. The van der Waals surface area contributed by atoms with Gasteiger partial charge in [-0.3, -0.25) is 0 Å². The zero-order valence-electron chi connectivity index (χ0n) is 8.37. The van der Waals surface area contributed by atoms with Gasteiger partial charge in [0.05, 0.1) is 18.4 Å². The van der Waals surface area contributed by atoms with Crippen molar-refractivity contribution in [2.45, 2.75) is 6.42 Å². The van der Waals surface area contributed by atoms with Crippen LogP contribution in [0.1, 0.15) is 11.5 Å². The molecule has 16 heavy (non-hydrogen) atoms. The van der Waals surface area contributed by atoms with Crippen molar-refractivity contribution >= 4 is 11.2 Å². The van der Waals surface area contributed by atoms with Crippen molar-refractivity contribution in [3.63, 3.8) is 0 Å². The summed E-state index contributed by atoms with van der Waals surface area (Å²) >= 11 is 0. The molecule has 0 unspecified atom stereocenters. The fourth-order valence-corrected chi connectivity index (χ4v) is 1.65. The van der Waals surface area contributed by atoms with Crippen LogP contribution in [-0.2, 0) is 6.42 Å². The van der Waals surface area contributed by atoms with Crippen LogP contribution in [0.15, 0.2) is 35.5 Å². The van der Waals surface area contributed by atoms with Crippen LogP contribution in [0.4, 0.5) is 0 Å². The van der Waals surface area contributed by atoms with E-state index in [-0.39, 0.29) is 0 Å². The van der Waals surface area contributed by atoms with Crippen molar-refractivity contribution < 1.29 is 4.42 Å². The van der Waals surface area contributed by atoms with Crippen LogP contribution in [0.3, 0.4) is 0 Å². The quantitative estimate of drug-likeness (QED) is 0.637. The minimum atomic E-state index is 0.578. The Hall–Kier alpha value is -2.37. The molecule has 80 valence electrons. The lowest BCUT2D eigenvalue weighted by Gasteiger charge is -2.01. The summed E-state index contributed by atoms with van der Waals surface area (Å²) in [7, 11) is 0. The zero-order valence-corrected chi connectivity index (χ0v) is 8.37. The Labute approximate surface area is 90.7 Å². The fraction of sp³-hybridized carbons (Fsp3) is 0.100. The van der Waals surface area contributed by atoms with Crippen LogP contribution in [0.25, 0.3) is 11.2 Å². The summed E-state index contributed by atoms with van der Waals surface area (Å²) in [4.78, 5) is 12.3. The highest BCUT2D eigenvalue weighted by Crippen LogP contribution is 2.15. The van der Waals surface area contributed by atoms with Crippen molar-refractivity contribution in [2.24, 2.45) is 0 Å². The molecule has 3 aromatic heterocycles. The highest BCUT2D eigenvalue weighted by atomic mass is 16.3. The van der Waals surface area contributed by atoms with Crippen molar-refractivity contribution in [1.82, 2.24) is 19.6 Å². The van der Waals surface area contributed by atoms with Crippen LogP contribution in [0.2, 0.25) is 0 Å². The maximum atomic E-state index is 5.75. The van der Waals surface area contributed by atoms with E-state index in [0.717, 1.165) is 17.0 Å². The largest absolute Gasteiger partial charge is 0.469 e. The van der Waals surface area contributed by atoms with E-state index in [0.29, 0.717) is 12.1 Å². The molecule has 0 saturated carbocycles. The summed E-state index contributed by atoms with van der Waals surface area (Å²) in [6.07, 6.45) is 5.21. The lowest BCUT2D eigenvalue weighted by Crippen LogP contribution is -2.08. The number of fused-ring (bicyclic) bond motifs is 1. The Morgan fingerprint density at radius 1 is 1.31 bits per heavy atom. The van der Waals surface area contributed by atoms with Gasteiger partial charge in [0, 0.05) is 0 Å². The maximum absolute atomic E-state index is 5.75. The van der Waals surface area contributed by atoms with E-state index in [1.165, 1.54) is 17.3 Å². The van der Waals surface area contributed by atoms with Crippen LogP contribution >= 0.6 is 0 Å². The number of hydrogen-bond donors (Lipinski definition) is 1. The van der Waals surface area contributed by atoms with E-state index in [1.54, 1.807) is 6.26 Å². The van der Waals surface area contributed by atoms with Gasteiger partial charge in [0.1, 0.15) is 23.9 Å². The predicted octanol–water partition coefficient (Wildman–Crippen LogP) is 0.724. The Morgan fingerprint density at radius 3 is 3.06 bits per heavy atom. The summed E-state index contributed by atoms with van der Waals surface area (Å²) in [6, 6.07) is 3.73. The number of nitrogens with zero attached hydrogens (tertiary/aromatic N) is 4. The molecular formula is C10H9N5O. The molecular weight excluding hydrogens is 206 g/mol. The molecule has 3 rings (SSSR count). The van der Waals surface area contributed by atoms with Gasteiger partial charge in [0.2, 0.25) is 0 Å². The zero-order chi connectivity index (χ0) is 11.0. The number of rotatable bonds is 2. The molecule has 3 aromatic rings. The third-order valence-corrected chi connectivity index (χ3v) is 2.36. The standard InChI is InChI=1S/C10H9N5O/c11-15-6-14-10-9(15)8(12-5-13-10)4-7-2-1-3-16-7/h1-3,5-6H,4,11H2. The average Bonchev–Trinajstić information content (AvgIpc) is 2.90. The Bertz CT molecular complexity index is 613. The van der Waals surface area contributed by atoms with Crippen molar-refractivity contribution in [3.8, 4) is 0 Å². The molecule has 0 aliphatic carbocycles. The smallest absolute Gasteiger partial charge is 0.183 e. The second-order valence-electron chi connectivity index (χ2n) is 3.40.